The molecule has 0 aromatic heterocycles. The lowest BCUT2D eigenvalue weighted by Crippen LogP contribution is -2.52. The number of aliphatic hydroxyl groups is 2. The molecule has 1 aliphatic rings. The first-order valence-corrected chi connectivity index (χ1v) is 5.79. The van der Waals surface area contributed by atoms with Crippen LogP contribution in [0.1, 0.15) is 13.3 Å². The summed E-state index contributed by atoms with van der Waals surface area (Å²) < 4.78 is 24.1. The van der Waals surface area contributed by atoms with Gasteiger partial charge in [0.15, 0.2) is 0 Å². The van der Waals surface area contributed by atoms with Gasteiger partial charge in [0.25, 0.3) is 0 Å². The summed E-state index contributed by atoms with van der Waals surface area (Å²) in [4.78, 5) is 0. The normalized spacial score (nSPS) is 23.6. The van der Waals surface area contributed by atoms with E-state index in [-0.39, 0.29) is 19.0 Å². The van der Waals surface area contributed by atoms with E-state index in [1.807, 2.05) is 0 Å². The van der Waals surface area contributed by atoms with E-state index in [0.717, 1.165) is 0 Å². The van der Waals surface area contributed by atoms with Gasteiger partial charge in [0, 0.05) is 6.54 Å². The van der Waals surface area contributed by atoms with Crippen molar-refractivity contribution in [1.29, 1.82) is 0 Å². The molecule has 78 valence electrons. The molecular formula is C7H15NO4S. The molecule has 0 amide bonds. The predicted molar refractivity (Wildman–Crippen MR) is 47.7 cm³/mol. The average molecular weight is 209 g/mol. The fraction of sp³-hybridized carbons (Fsp3) is 1.00. The second-order valence-electron chi connectivity index (χ2n) is 3.55. The molecule has 1 rings (SSSR count). The third-order valence-corrected chi connectivity index (χ3v) is 4.48. The van der Waals surface area contributed by atoms with Crippen LogP contribution in [0, 0.1) is 0 Å². The second kappa shape index (κ2) is 3.53. The maximum absolute atomic E-state index is 11.4. The van der Waals surface area contributed by atoms with E-state index in [9.17, 15) is 8.42 Å². The van der Waals surface area contributed by atoms with Gasteiger partial charge in [-0.1, -0.05) is 0 Å². The number of hydrogen-bond donors (Lipinski definition) is 2. The quantitative estimate of drug-likeness (QED) is 0.610. The number of aliphatic hydroxyl groups excluding tert-OH is 2. The van der Waals surface area contributed by atoms with Crippen LogP contribution in [-0.4, -0.2) is 54.0 Å². The summed E-state index contributed by atoms with van der Waals surface area (Å²) >= 11 is 0. The Balaban J connectivity index is 2.93. The maximum Gasteiger partial charge on any atom is 0.214 e. The van der Waals surface area contributed by atoms with Crippen LogP contribution in [0.3, 0.4) is 0 Å². The zero-order valence-corrected chi connectivity index (χ0v) is 8.42. The van der Waals surface area contributed by atoms with Gasteiger partial charge in [-0.3, -0.25) is 0 Å². The third-order valence-electron chi connectivity index (χ3n) is 2.38. The number of hydrogen-bond acceptors (Lipinski definition) is 4. The van der Waals surface area contributed by atoms with Crippen molar-refractivity contribution >= 4 is 10.0 Å². The number of rotatable bonds is 3. The van der Waals surface area contributed by atoms with Gasteiger partial charge >= 0.3 is 0 Å². The average Bonchev–Trinajstić information content (AvgIpc) is 2.44. The van der Waals surface area contributed by atoms with Gasteiger partial charge in [-0.25, -0.2) is 8.42 Å². The lowest BCUT2D eigenvalue weighted by Gasteiger charge is -2.33. The highest BCUT2D eigenvalue weighted by Crippen LogP contribution is 2.24. The van der Waals surface area contributed by atoms with Crippen LogP contribution in [0.4, 0.5) is 0 Å². The Bertz CT molecular complexity index is 270. The van der Waals surface area contributed by atoms with E-state index >= 15 is 0 Å². The molecule has 1 heterocycles. The highest BCUT2D eigenvalue weighted by Gasteiger charge is 2.41. The van der Waals surface area contributed by atoms with Gasteiger partial charge in [-0.05, 0) is 13.3 Å². The lowest BCUT2D eigenvalue weighted by atomic mass is 10.1. The fourth-order valence-corrected chi connectivity index (χ4v) is 3.36. The van der Waals surface area contributed by atoms with Crippen LogP contribution in [0.5, 0.6) is 0 Å². The van der Waals surface area contributed by atoms with Crippen molar-refractivity contribution in [3.8, 4) is 0 Å². The molecule has 1 fully saturated rings. The summed E-state index contributed by atoms with van der Waals surface area (Å²) in [6, 6.07) is 0. The summed E-state index contributed by atoms with van der Waals surface area (Å²) in [5.74, 6) is 0.114. The minimum Gasteiger partial charge on any atom is -0.394 e. The molecule has 0 aliphatic carbocycles. The molecule has 1 saturated heterocycles. The van der Waals surface area contributed by atoms with Gasteiger partial charge in [0.2, 0.25) is 10.0 Å². The summed E-state index contributed by atoms with van der Waals surface area (Å²) in [7, 11) is -3.26. The molecule has 0 atom stereocenters. The number of nitrogens with zero attached hydrogens (tertiary/aromatic N) is 1. The van der Waals surface area contributed by atoms with Crippen LogP contribution in [0.15, 0.2) is 0 Å². The lowest BCUT2D eigenvalue weighted by molar-refractivity contribution is 0.0533. The fourth-order valence-electron chi connectivity index (χ4n) is 1.45. The molecule has 0 aromatic carbocycles. The highest BCUT2D eigenvalue weighted by molar-refractivity contribution is 7.89. The molecule has 2 N–H and O–H groups in total. The van der Waals surface area contributed by atoms with Crippen LogP contribution in [-0.2, 0) is 10.0 Å². The largest absolute Gasteiger partial charge is 0.394 e. The monoisotopic (exact) mass is 209 g/mol. The molecule has 0 unspecified atom stereocenters. The van der Waals surface area contributed by atoms with E-state index in [2.05, 4.69) is 0 Å². The van der Waals surface area contributed by atoms with Gasteiger partial charge in [0.1, 0.15) is 0 Å². The van der Waals surface area contributed by atoms with E-state index in [1.54, 1.807) is 0 Å². The first-order valence-electron chi connectivity index (χ1n) is 4.18. The van der Waals surface area contributed by atoms with Crippen molar-refractivity contribution < 1.29 is 18.6 Å². The van der Waals surface area contributed by atoms with Gasteiger partial charge in [-0.2, -0.15) is 4.31 Å². The summed E-state index contributed by atoms with van der Waals surface area (Å²) in [5, 5.41) is 18.0. The van der Waals surface area contributed by atoms with Crippen molar-refractivity contribution in [1.82, 2.24) is 4.31 Å². The van der Waals surface area contributed by atoms with Crippen LogP contribution in [0.2, 0.25) is 0 Å². The predicted octanol–water partition coefficient (Wildman–Crippen LogP) is -1.23. The molecule has 1 aliphatic heterocycles. The third kappa shape index (κ3) is 1.85. The second-order valence-corrected chi connectivity index (χ2v) is 5.57. The SMILES string of the molecule is CC(CO)(CO)N1CCCS1(=O)=O. The van der Waals surface area contributed by atoms with E-state index in [4.69, 9.17) is 10.2 Å². The maximum atomic E-state index is 11.4. The minimum atomic E-state index is -3.26. The van der Waals surface area contributed by atoms with E-state index < -0.39 is 15.6 Å². The van der Waals surface area contributed by atoms with Crippen molar-refractivity contribution in [3.05, 3.63) is 0 Å². The molecule has 0 bridgehead atoms. The Morgan fingerprint density at radius 2 is 1.92 bits per heavy atom. The first kappa shape index (κ1) is 10.9. The Labute approximate surface area is 78.0 Å². The number of sulfonamides is 1. The summed E-state index contributed by atoms with van der Waals surface area (Å²) in [5.41, 5.74) is -1.05. The van der Waals surface area contributed by atoms with Crippen LogP contribution in [0.25, 0.3) is 0 Å². The Kier molecular flexibility index (Phi) is 2.96. The first-order chi connectivity index (χ1) is 5.96. The van der Waals surface area contributed by atoms with E-state index in [0.29, 0.717) is 13.0 Å². The van der Waals surface area contributed by atoms with Crippen molar-refractivity contribution in [2.24, 2.45) is 0 Å². The summed E-state index contributed by atoms with van der Waals surface area (Å²) in [6.07, 6.45) is 0.567. The molecular weight excluding hydrogens is 194 g/mol. The van der Waals surface area contributed by atoms with Gasteiger partial charge < -0.3 is 10.2 Å². The zero-order chi connectivity index (χ0) is 10.1. The molecule has 0 aromatic rings. The van der Waals surface area contributed by atoms with Gasteiger partial charge in [-0.15, -0.1) is 0 Å². The molecule has 0 radical (unpaired) electrons. The van der Waals surface area contributed by atoms with Crippen molar-refractivity contribution in [2.75, 3.05) is 25.5 Å². The highest BCUT2D eigenvalue weighted by atomic mass is 32.2. The summed E-state index contributed by atoms with van der Waals surface area (Å²) in [6.45, 7) is 1.21. The van der Waals surface area contributed by atoms with Crippen molar-refractivity contribution in [3.63, 3.8) is 0 Å². The van der Waals surface area contributed by atoms with Gasteiger partial charge in [0.05, 0.1) is 24.5 Å². The molecule has 5 nitrogen and oxygen atoms in total. The molecule has 0 spiro atoms. The molecule has 6 heteroatoms. The Morgan fingerprint density at radius 3 is 2.23 bits per heavy atom. The Hall–Kier alpha value is -0.170. The minimum absolute atomic E-state index is 0.114. The standard InChI is InChI=1S/C7H15NO4S/c1-7(5-9,6-10)8-3-2-4-13(8,11)12/h9-10H,2-6H2,1H3. The van der Waals surface area contributed by atoms with Crippen LogP contribution < -0.4 is 0 Å². The van der Waals surface area contributed by atoms with E-state index in [1.165, 1.54) is 11.2 Å². The Morgan fingerprint density at radius 1 is 1.38 bits per heavy atom. The smallest absolute Gasteiger partial charge is 0.214 e. The van der Waals surface area contributed by atoms with Crippen LogP contribution >= 0.6 is 0 Å². The molecule has 13 heavy (non-hydrogen) atoms. The zero-order valence-electron chi connectivity index (χ0n) is 7.60. The van der Waals surface area contributed by atoms with Crippen molar-refractivity contribution in [2.45, 2.75) is 18.9 Å². The topological polar surface area (TPSA) is 77.8 Å². The molecule has 0 saturated carbocycles.